The fourth-order valence-corrected chi connectivity index (χ4v) is 3.52. The molecular weight excluding hydrogens is 374 g/mol. The number of amides is 2. The third-order valence-corrected chi connectivity index (χ3v) is 4.94. The van der Waals surface area contributed by atoms with Crippen LogP contribution in [0.25, 0.3) is 0 Å². The first-order valence-corrected chi connectivity index (χ1v) is 10.1. The van der Waals surface area contributed by atoms with Crippen molar-refractivity contribution in [3.8, 4) is 0 Å². The number of hydrogen-bond donors (Lipinski definition) is 0. The molecule has 0 radical (unpaired) electrons. The molecule has 0 aromatic heterocycles. The highest BCUT2D eigenvalue weighted by Gasteiger charge is 2.39. The quantitative estimate of drug-likeness (QED) is 0.771. The van der Waals surface area contributed by atoms with Gasteiger partial charge < -0.3 is 14.5 Å². The Morgan fingerprint density at radius 1 is 0.966 bits per heavy atom. The van der Waals surface area contributed by atoms with E-state index in [4.69, 9.17) is 9.57 Å². The predicted octanol–water partition coefficient (Wildman–Crippen LogP) is 2.30. The molecule has 29 heavy (non-hydrogen) atoms. The highest BCUT2D eigenvalue weighted by Crippen LogP contribution is 2.23. The lowest BCUT2D eigenvalue weighted by Gasteiger charge is -2.36. The number of carbonyl (C=O) groups excluding carboxylic acids is 3. The van der Waals surface area contributed by atoms with E-state index in [0.717, 1.165) is 6.42 Å². The van der Waals surface area contributed by atoms with Crippen LogP contribution in [-0.4, -0.2) is 77.2 Å². The van der Waals surface area contributed by atoms with Crippen LogP contribution in [0.3, 0.4) is 0 Å². The normalized spacial score (nSPS) is 20.4. The van der Waals surface area contributed by atoms with Crippen LogP contribution >= 0.6 is 0 Å². The Bertz CT molecular complexity index is 738. The standard InChI is InChI=1S/C21H29N3O5/c1-21(2,3)28-20(27)24-11-7-10-17(24)18(25)22-12-14-23(15-13-22)29-19(26)16-8-5-4-6-9-16/h4-6,8-9,17H,7,10-15H2,1-3H3/t17-/m0/s1. The van der Waals surface area contributed by atoms with Crippen molar-refractivity contribution in [1.29, 1.82) is 0 Å². The molecule has 8 heteroatoms. The largest absolute Gasteiger partial charge is 0.444 e. The SMILES string of the molecule is CC(C)(C)OC(=O)N1CCC[C@H]1C(=O)N1CCN(OC(=O)c2ccccc2)CC1. The van der Waals surface area contributed by atoms with Crippen molar-refractivity contribution in [2.45, 2.75) is 45.3 Å². The summed E-state index contributed by atoms with van der Waals surface area (Å²) in [6, 6.07) is 8.32. The molecular formula is C21H29N3O5. The zero-order chi connectivity index (χ0) is 21.0. The number of hydrogen-bond acceptors (Lipinski definition) is 6. The lowest BCUT2D eigenvalue weighted by Crippen LogP contribution is -2.55. The molecule has 2 fully saturated rings. The molecule has 1 aromatic rings. The van der Waals surface area contributed by atoms with Crippen LogP contribution in [0, 0.1) is 0 Å². The van der Waals surface area contributed by atoms with E-state index in [1.807, 2.05) is 26.8 Å². The third kappa shape index (κ3) is 5.47. The second-order valence-corrected chi connectivity index (χ2v) is 8.33. The molecule has 158 valence electrons. The number of hydroxylamine groups is 2. The van der Waals surface area contributed by atoms with Gasteiger partial charge in [-0.2, -0.15) is 0 Å². The number of ether oxygens (including phenoxy) is 1. The maximum atomic E-state index is 13.0. The summed E-state index contributed by atoms with van der Waals surface area (Å²) >= 11 is 0. The van der Waals surface area contributed by atoms with Gasteiger partial charge in [0.25, 0.3) is 0 Å². The van der Waals surface area contributed by atoms with Gasteiger partial charge in [-0.15, -0.1) is 5.06 Å². The van der Waals surface area contributed by atoms with Gasteiger partial charge in [-0.25, -0.2) is 9.59 Å². The Morgan fingerprint density at radius 2 is 1.62 bits per heavy atom. The van der Waals surface area contributed by atoms with Gasteiger partial charge in [-0.05, 0) is 45.7 Å². The molecule has 0 N–H and O–H groups in total. The van der Waals surface area contributed by atoms with Gasteiger partial charge in [0.2, 0.25) is 5.91 Å². The van der Waals surface area contributed by atoms with Gasteiger partial charge in [0.1, 0.15) is 11.6 Å². The Labute approximate surface area is 171 Å². The molecule has 2 saturated heterocycles. The monoisotopic (exact) mass is 403 g/mol. The fraction of sp³-hybridized carbons (Fsp3) is 0.571. The Kier molecular flexibility index (Phi) is 6.42. The van der Waals surface area contributed by atoms with E-state index in [0.29, 0.717) is 44.7 Å². The van der Waals surface area contributed by atoms with Crippen molar-refractivity contribution < 1.29 is 24.0 Å². The summed E-state index contributed by atoms with van der Waals surface area (Å²) in [5.41, 5.74) is -0.105. The average molecular weight is 403 g/mol. The van der Waals surface area contributed by atoms with Crippen LogP contribution < -0.4 is 0 Å². The number of likely N-dealkylation sites (tertiary alicyclic amines) is 1. The van der Waals surface area contributed by atoms with Crippen molar-refractivity contribution in [3.63, 3.8) is 0 Å². The minimum absolute atomic E-state index is 0.0672. The average Bonchev–Trinajstić information content (AvgIpc) is 3.17. The van der Waals surface area contributed by atoms with Crippen molar-refractivity contribution in [2.24, 2.45) is 0 Å². The Balaban J connectivity index is 1.51. The summed E-state index contributed by atoms with van der Waals surface area (Å²) < 4.78 is 5.44. The zero-order valence-corrected chi connectivity index (χ0v) is 17.3. The van der Waals surface area contributed by atoms with Crippen molar-refractivity contribution >= 4 is 18.0 Å². The van der Waals surface area contributed by atoms with Gasteiger partial charge in [0.05, 0.1) is 18.7 Å². The van der Waals surface area contributed by atoms with Gasteiger partial charge in [-0.1, -0.05) is 18.2 Å². The van der Waals surface area contributed by atoms with Crippen LogP contribution in [0.2, 0.25) is 0 Å². The molecule has 0 unspecified atom stereocenters. The van der Waals surface area contributed by atoms with E-state index < -0.39 is 23.7 Å². The molecule has 2 aliphatic heterocycles. The molecule has 2 heterocycles. The molecule has 0 spiro atoms. The third-order valence-electron chi connectivity index (χ3n) is 4.94. The number of carbonyl (C=O) groups is 3. The molecule has 0 bridgehead atoms. The van der Waals surface area contributed by atoms with E-state index in [1.54, 1.807) is 34.2 Å². The maximum absolute atomic E-state index is 13.0. The van der Waals surface area contributed by atoms with Crippen LogP contribution in [0.5, 0.6) is 0 Å². The molecule has 2 amide bonds. The summed E-state index contributed by atoms with van der Waals surface area (Å²) in [5, 5.41) is 1.58. The summed E-state index contributed by atoms with van der Waals surface area (Å²) in [6.45, 7) is 7.72. The zero-order valence-electron chi connectivity index (χ0n) is 17.3. The first kappa shape index (κ1) is 21.1. The van der Waals surface area contributed by atoms with E-state index in [1.165, 1.54) is 4.90 Å². The topological polar surface area (TPSA) is 79.4 Å². The van der Waals surface area contributed by atoms with Gasteiger partial charge in [0, 0.05) is 19.6 Å². The smallest absolute Gasteiger partial charge is 0.410 e. The number of piperazine rings is 1. The van der Waals surface area contributed by atoms with Gasteiger partial charge in [-0.3, -0.25) is 9.69 Å². The van der Waals surface area contributed by atoms with Gasteiger partial charge in [0.15, 0.2) is 0 Å². The van der Waals surface area contributed by atoms with Gasteiger partial charge >= 0.3 is 12.1 Å². The summed E-state index contributed by atoms with van der Waals surface area (Å²) in [4.78, 5) is 46.3. The van der Waals surface area contributed by atoms with E-state index in [2.05, 4.69) is 0 Å². The Morgan fingerprint density at radius 3 is 2.24 bits per heavy atom. The number of rotatable bonds is 3. The molecule has 1 atom stereocenters. The highest BCUT2D eigenvalue weighted by molar-refractivity contribution is 5.89. The lowest BCUT2D eigenvalue weighted by molar-refractivity contribution is -0.152. The summed E-state index contributed by atoms with van der Waals surface area (Å²) in [7, 11) is 0. The van der Waals surface area contributed by atoms with Crippen LogP contribution in [0.4, 0.5) is 4.79 Å². The second kappa shape index (κ2) is 8.82. The molecule has 1 aromatic carbocycles. The van der Waals surface area contributed by atoms with E-state index in [-0.39, 0.29) is 5.91 Å². The summed E-state index contributed by atoms with van der Waals surface area (Å²) in [5.74, 6) is -0.473. The number of nitrogens with zero attached hydrogens (tertiary/aromatic N) is 3. The van der Waals surface area contributed by atoms with Crippen molar-refractivity contribution in [1.82, 2.24) is 14.9 Å². The first-order valence-electron chi connectivity index (χ1n) is 10.1. The summed E-state index contributed by atoms with van der Waals surface area (Å²) in [6.07, 6.45) is 0.981. The minimum atomic E-state index is -0.596. The highest BCUT2D eigenvalue weighted by atomic mass is 16.7. The van der Waals surface area contributed by atoms with Crippen molar-refractivity contribution in [3.05, 3.63) is 35.9 Å². The van der Waals surface area contributed by atoms with E-state index in [9.17, 15) is 14.4 Å². The predicted molar refractivity (Wildman–Crippen MR) is 106 cm³/mol. The maximum Gasteiger partial charge on any atom is 0.410 e. The van der Waals surface area contributed by atoms with Crippen LogP contribution in [0.15, 0.2) is 30.3 Å². The molecule has 0 aliphatic carbocycles. The Hall–Kier alpha value is -2.61. The van der Waals surface area contributed by atoms with Crippen LogP contribution in [0.1, 0.15) is 44.0 Å². The van der Waals surface area contributed by atoms with Crippen LogP contribution in [-0.2, 0) is 14.4 Å². The molecule has 2 aliphatic rings. The van der Waals surface area contributed by atoms with E-state index >= 15 is 0 Å². The minimum Gasteiger partial charge on any atom is -0.444 e. The molecule has 3 rings (SSSR count). The first-order chi connectivity index (χ1) is 13.7. The molecule has 8 nitrogen and oxygen atoms in total. The lowest BCUT2D eigenvalue weighted by atomic mass is 10.1. The second-order valence-electron chi connectivity index (χ2n) is 8.33. The molecule has 0 saturated carbocycles. The fourth-order valence-electron chi connectivity index (χ4n) is 3.52. The van der Waals surface area contributed by atoms with Crippen molar-refractivity contribution in [2.75, 3.05) is 32.7 Å². The number of benzene rings is 1.